The van der Waals surface area contributed by atoms with Crippen molar-refractivity contribution in [2.24, 2.45) is 5.92 Å². The highest BCUT2D eigenvalue weighted by Crippen LogP contribution is 2.37. The van der Waals surface area contributed by atoms with Gasteiger partial charge in [0.2, 0.25) is 0 Å². The van der Waals surface area contributed by atoms with Gasteiger partial charge in [-0.3, -0.25) is 4.79 Å². The summed E-state index contributed by atoms with van der Waals surface area (Å²) in [6.07, 6.45) is 1.88. The summed E-state index contributed by atoms with van der Waals surface area (Å²) in [4.78, 5) is 11.6. The normalized spacial score (nSPS) is 15.6. The Labute approximate surface area is 91.4 Å². The molecule has 0 spiro atoms. The lowest BCUT2D eigenvalue weighted by Crippen LogP contribution is -2.00. The fourth-order valence-corrected chi connectivity index (χ4v) is 1.78. The number of hydrogen-bond donors (Lipinski definition) is 1. The molecule has 0 saturated heterocycles. The standard InChI is InChI=1S/C10H8Cl2O2/c11-7-3-6(4-8(12)10(7)14)9(13)5-1-2-5/h3-5,14H,1-2H2. The monoisotopic (exact) mass is 230 g/mol. The van der Waals surface area contributed by atoms with Crippen LogP contribution in [0.1, 0.15) is 23.2 Å². The van der Waals surface area contributed by atoms with E-state index in [-0.39, 0.29) is 27.5 Å². The van der Waals surface area contributed by atoms with Gasteiger partial charge in [-0.1, -0.05) is 23.2 Å². The van der Waals surface area contributed by atoms with Crippen molar-refractivity contribution in [2.45, 2.75) is 12.8 Å². The van der Waals surface area contributed by atoms with Crippen molar-refractivity contribution >= 4 is 29.0 Å². The van der Waals surface area contributed by atoms with E-state index in [1.165, 1.54) is 12.1 Å². The van der Waals surface area contributed by atoms with Crippen molar-refractivity contribution in [1.29, 1.82) is 0 Å². The van der Waals surface area contributed by atoms with Gasteiger partial charge in [-0.05, 0) is 25.0 Å². The molecule has 2 rings (SSSR count). The van der Waals surface area contributed by atoms with E-state index in [0.717, 1.165) is 12.8 Å². The van der Waals surface area contributed by atoms with Crippen LogP contribution in [-0.2, 0) is 0 Å². The third kappa shape index (κ3) is 1.72. The predicted octanol–water partition coefficient (Wildman–Crippen LogP) is 3.29. The Kier molecular flexibility index (Phi) is 2.41. The van der Waals surface area contributed by atoms with E-state index in [1.807, 2.05) is 0 Å². The minimum Gasteiger partial charge on any atom is -0.505 e. The highest BCUT2D eigenvalue weighted by molar-refractivity contribution is 6.37. The van der Waals surface area contributed by atoms with Crippen LogP contribution >= 0.6 is 23.2 Å². The van der Waals surface area contributed by atoms with Gasteiger partial charge in [0.25, 0.3) is 0 Å². The molecule has 1 N–H and O–H groups in total. The minimum atomic E-state index is -0.166. The van der Waals surface area contributed by atoms with Crippen LogP contribution in [0.25, 0.3) is 0 Å². The molecule has 4 heteroatoms. The average Bonchev–Trinajstić information content (AvgIpc) is 2.95. The molecule has 14 heavy (non-hydrogen) atoms. The summed E-state index contributed by atoms with van der Waals surface area (Å²) < 4.78 is 0. The van der Waals surface area contributed by atoms with Crippen molar-refractivity contribution in [1.82, 2.24) is 0 Å². The number of carbonyl (C=O) groups excluding carboxylic acids is 1. The fourth-order valence-electron chi connectivity index (χ4n) is 1.29. The van der Waals surface area contributed by atoms with Crippen molar-refractivity contribution in [3.8, 4) is 5.75 Å². The second kappa shape index (κ2) is 3.44. The molecule has 0 aliphatic heterocycles. The van der Waals surface area contributed by atoms with E-state index in [4.69, 9.17) is 23.2 Å². The van der Waals surface area contributed by atoms with Crippen LogP contribution in [0.15, 0.2) is 12.1 Å². The number of hydrogen-bond acceptors (Lipinski definition) is 2. The number of aromatic hydroxyl groups is 1. The molecule has 74 valence electrons. The molecule has 1 saturated carbocycles. The highest BCUT2D eigenvalue weighted by Gasteiger charge is 2.30. The van der Waals surface area contributed by atoms with Crippen LogP contribution < -0.4 is 0 Å². The first kappa shape index (κ1) is 9.81. The van der Waals surface area contributed by atoms with Gasteiger partial charge in [0.1, 0.15) is 0 Å². The summed E-state index contributed by atoms with van der Waals surface area (Å²) in [6.45, 7) is 0. The molecule has 0 heterocycles. The molecular weight excluding hydrogens is 223 g/mol. The second-order valence-corrected chi connectivity index (χ2v) is 4.24. The number of benzene rings is 1. The topological polar surface area (TPSA) is 37.3 Å². The maximum absolute atomic E-state index is 11.6. The summed E-state index contributed by atoms with van der Waals surface area (Å²) in [5.41, 5.74) is 0.486. The van der Waals surface area contributed by atoms with Gasteiger partial charge in [0.15, 0.2) is 11.5 Å². The van der Waals surface area contributed by atoms with Crippen LogP contribution in [0, 0.1) is 5.92 Å². The third-order valence-electron chi connectivity index (χ3n) is 2.25. The van der Waals surface area contributed by atoms with Crippen LogP contribution in [0.2, 0.25) is 10.0 Å². The van der Waals surface area contributed by atoms with Crippen LogP contribution in [0.5, 0.6) is 5.75 Å². The molecule has 0 aromatic heterocycles. The van der Waals surface area contributed by atoms with E-state index < -0.39 is 0 Å². The van der Waals surface area contributed by atoms with E-state index in [9.17, 15) is 9.90 Å². The molecule has 1 aliphatic carbocycles. The Morgan fingerprint density at radius 2 is 1.79 bits per heavy atom. The highest BCUT2D eigenvalue weighted by atomic mass is 35.5. The van der Waals surface area contributed by atoms with Gasteiger partial charge < -0.3 is 5.11 Å². The Balaban J connectivity index is 2.39. The molecule has 1 fully saturated rings. The number of halogens is 2. The summed E-state index contributed by atoms with van der Waals surface area (Å²) in [5, 5.41) is 9.54. The number of phenolic OH excluding ortho intramolecular Hbond substituents is 1. The predicted molar refractivity (Wildman–Crippen MR) is 55.2 cm³/mol. The van der Waals surface area contributed by atoms with Crippen LogP contribution in [-0.4, -0.2) is 10.9 Å². The number of ketones is 1. The Bertz CT molecular complexity index is 374. The van der Waals surface area contributed by atoms with E-state index in [2.05, 4.69) is 0 Å². The van der Waals surface area contributed by atoms with Gasteiger partial charge in [-0.15, -0.1) is 0 Å². The van der Waals surface area contributed by atoms with E-state index >= 15 is 0 Å². The molecular formula is C10H8Cl2O2. The maximum atomic E-state index is 11.6. The smallest absolute Gasteiger partial charge is 0.166 e. The zero-order valence-corrected chi connectivity index (χ0v) is 8.77. The first-order chi connectivity index (χ1) is 6.59. The zero-order chi connectivity index (χ0) is 10.3. The summed E-state index contributed by atoms with van der Waals surface area (Å²) in [7, 11) is 0. The summed E-state index contributed by atoms with van der Waals surface area (Å²) >= 11 is 11.4. The van der Waals surface area contributed by atoms with Gasteiger partial charge >= 0.3 is 0 Å². The average molecular weight is 231 g/mol. The van der Waals surface area contributed by atoms with E-state index in [1.54, 1.807) is 0 Å². The largest absolute Gasteiger partial charge is 0.505 e. The number of phenols is 1. The quantitative estimate of drug-likeness (QED) is 0.793. The molecule has 2 nitrogen and oxygen atoms in total. The SMILES string of the molecule is O=C(c1cc(Cl)c(O)c(Cl)c1)C1CC1. The summed E-state index contributed by atoms with van der Waals surface area (Å²) in [6, 6.07) is 2.92. The molecule has 0 radical (unpaired) electrons. The first-order valence-electron chi connectivity index (χ1n) is 4.32. The lowest BCUT2D eigenvalue weighted by atomic mass is 10.1. The zero-order valence-electron chi connectivity index (χ0n) is 7.26. The van der Waals surface area contributed by atoms with E-state index in [0.29, 0.717) is 5.56 Å². The molecule has 0 atom stereocenters. The second-order valence-electron chi connectivity index (χ2n) is 3.43. The maximum Gasteiger partial charge on any atom is 0.166 e. The van der Waals surface area contributed by atoms with Crippen LogP contribution in [0.3, 0.4) is 0 Å². The third-order valence-corrected chi connectivity index (χ3v) is 2.83. The Morgan fingerprint density at radius 3 is 2.21 bits per heavy atom. The minimum absolute atomic E-state index is 0.0637. The molecule has 1 aliphatic rings. The van der Waals surface area contributed by atoms with Gasteiger partial charge in [0, 0.05) is 11.5 Å². The van der Waals surface area contributed by atoms with Crippen molar-refractivity contribution in [2.75, 3.05) is 0 Å². The van der Waals surface area contributed by atoms with Crippen LogP contribution in [0.4, 0.5) is 0 Å². The van der Waals surface area contributed by atoms with Gasteiger partial charge in [-0.2, -0.15) is 0 Å². The fraction of sp³-hybridized carbons (Fsp3) is 0.300. The lowest BCUT2D eigenvalue weighted by molar-refractivity contribution is 0.0967. The number of carbonyl (C=O) groups is 1. The molecule has 0 bridgehead atoms. The number of Topliss-reactive ketones (excluding diaryl/α,β-unsaturated/α-hetero) is 1. The van der Waals surface area contributed by atoms with Gasteiger partial charge in [0.05, 0.1) is 10.0 Å². The molecule has 1 aromatic carbocycles. The molecule has 0 amide bonds. The summed E-state index contributed by atoms with van der Waals surface area (Å²) in [5.74, 6) is 0.0288. The number of rotatable bonds is 2. The van der Waals surface area contributed by atoms with Crippen molar-refractivity contribution < 1.29 is 9.90 Å². The molecule has 0 unspecified atom stereocenters. The Hall–Kier alpha value is -0.730. The Morgan fingerprint density at radius 1 is 1.29 bits per heavy atom. The molecule has 1 aromatic rings. The van der Waals surface area contributed by atoms with Crippen molar-refractivity contribution in [3.05, 3.63) is 27.7 Å². The first-order valence-corrected chi connectivity index (χ1v) is 5.07. The van der Waals surface area contributed by atoms with Crippen molar-refractivity contribution in [3.63, 3.8) is 0 Å². The van der Waals surface area contributed by atoms with Gasteiger partial charge in [-0.25, -0.2) is 0 Å². The lowest BCUT2D eigenvalue weighted by Gasteiger charge is -2.03.